The quantitative estimate of drug-likeness (QED) is 0.707. The predicted molar refractivity (Wildman–Crippen MR) is 107 cm³/mol. The monoisotopic (exact) mass is 383 g/mol. The maximum absolute atomic E-state index is 12.9. The van der Waals surface area contributed by atoms with Crippen molar-refractivity contribution in [1.82, 2.24) is 10.3 Å². The number of nitrogens with one attached hydrogen (secondary N) is 2. The van der Waals surface area contributed by atoms with Gasteiger partial charge in [-0.3, -0.25) is 14.5 Å². The number of hydrogen-bond donors (Lipinski definition) is 2. The first-order valence-electron chi connectivity index (χ1n) is 8.48. The summed E-state index contributed by atoms with van der Waals surface area (Å²) >= 11 is 0. The molecule has 7 heteroatoms. The molecule has 1 aromatic heterocycles. The van der Waals surface area contributed by atoms with Crippen LogP contribution in [0.3, 0.4) is 0 Å². The molecule has 0 aliphatic rings. The summed E-state index contributed by atoms with van der Waals surface area (Å²) in [6.07, 6.45) is 1.10. The van der Waals surface area contributed by atoms with E-state index in [-0.39, 0.29) is 11.9 Å². The van der Waals surface area contributed by atoms with Gasteiger partial charge in [-0.05, 0) is 43.7 Å². The van der Waals surface area contributed by atoms with Gasteiger partial charge < -0.3 is 5.32 Å². The van der Waals surface area contributed by atoms with E-state index in [1.165, 1.54) is 0 Å². The van der Waals surface area contributed by atoms with Gasteiger partial charge in [0.25, 0.3) is 5.91 Å². The number of para-hydroxylation sites is 1. The Labute approximate surface area is 158 Å². The van der Waals surface area contributed by atoms with E-state index in [1.807, 2.05) is 44.2 Å². The van der Waals surface area contributed by atoms with Gasteiger partial charge in [0.15, 0.2) is 0 Å². The summed E-state index contributed by atoms with van der Waals surface area (Å²) < 4.78 is 25.3. The number of anilines is 1. The summed E-state index contributed by atoms with van der Waals surface area (Å²) in [5, 5.41) is 3.77. The van der Waals surface area contributed by atoms with Crippen molar-refractivity contribution >= 4 is 32.5 Å². The van der Waals surface area contributed by atoms with Gasteiger partial charge in [0.1, 0.15) is 0 Å². The maximum Gasteiger partial charge on any atom is 0.252 e. The van der Waals surface area contributed by atoms with E-state index in [0.29, 0.717) is 11.3 Å². The third kappa shape index (κ3) is 4.62. The normalized spacial score (nSPS) is 12.6. The van der Waals surface area contributed by atoms with Gasteiger partial charge in [0, 0.05) is 16.8 Å². The summed E-state index contributed by atoms with van der Waals surface area (Å²) in [4.78, 5) is 17.3. The fourth-order valence-corrected chi connectivity index (χ4v) is 3.49. The highest BCUT2D eigenvalue weighted by Crippen LogP contribution is 2.21. The van der Waals surface area contributed by atoms with Crippen LogP contribution in [0.1, 0.15) is 34.6 Å². The van der Waals surface area contributed by atoms with Gasteiger partial charge in [0.05, 0.1) is 23.4 Å². The molecule has 0 saturated carbocycles. The lowest BCUT2D eigenvalue weighted by Crippen LogP contribution is -2.27. The highest BCUT2D eigenvalue weighted by molar-refractivity contribution is 7.92. The molecule has 1 unspecified atom stereocenters. The molecule has 0 bridgehead atoms. The van der Waals surface area contributed by atoms with Crippen LogP contribution in [-0.2, 0) is 10.0 Å². The molecule has 0 fully saturated rings. The Balaban J connectivity index is 1.86. The lowest BCUT2D eigenvalue weighted by atomic mass is 10.0. The highest BCUT2D eigenvalue weighted by atomic mass is 32.2. The van der Waals surface area contributed by atoms with Crippen LogP contribution in [0.2, 0.25) is 0 Å². The van der Waals surface area contributed by atoms with E-state index in [2.05, 4.69) is 15.0 Å². The summed E-state index contributed by atoms with van der Waals surface area (Å²) in [5.74, 6) is -0.203. The van der Waals surface area contributed by atoms with Gasteiger partial charge in [-0.1, -0.05) is 30.3 Å². The number of fused-ring (bicyclic) bond motifs is 1. The molecule has 0 saturated heterocycles. The van der Waals surface area contributed by atoms with E-state index in [1.54, 1.807) is 24.3 Å². The fraction of sp³-hybridized carbons (Fsp3) is 0.200. The first kappa shape index (κ1) is 18.8. The van der Waals surface area contributed by atoms with Crippen LogP contribution < -0.4 is 10.0 Å². The zero-order chi connectivity index (χ0) is 19.6. The molecule has 140 valence electrons. The smallest absolute Gasteiger partial charge is 0.252 e. The molecule has 6 nitrogen and oxygen atoms in total. The molecule has 1 heterocycles. The number of carbonyl (C=O) groups is 1. The second-order valence-electron chi connectivity index (χ2n) is 6.52. The average molecular weight is 383 g/mol. The molecular formula is C20H21N3O3S. The highest BCUT2D eigenvalue weighted by Gasteiger charge is 2.16. The number of sulfonamides is 1. The molecule has 3 aromatic rings. The molecule has 0 spiro atoms. The lowest BCUT2D eigenvalue weighted by Gasteiger charge is -2.17. The minimum Gasteiger partial charge on any atom is -0.345 e. The standard InChI is InChI=1S/C20H21N3O3S/c1-13-11-18(17-9-4-5-10-19(17)21-13)20(24)22-14(2)15-7-6-8-16(12-15)23-27(3,25)26/h4-12,14,23H,1-3H3,(H,22,24). The number of nitrogens with zero attached hydrogens (tertiary/aromatic N) is 1. The van der Waals surface area contributed by atoms with Crippen LogP contribution in [0.25, 0.3) is 10.9 Å². The second kappa shape index (κ2) is 7.36. The lowest BCUT2D eigenvalue weighted by molar-refractivity contribution is 0.0941. The molecule has 3 rings (SSSR count). The summed E-state index contributed by atoms with van der Waals surface area (Å²) in [6, 6.07) is 15.9. The molecule has 1 amide bonds. The number of carbonyl (C=O) groups excluding carboxylic acids is 1. The molecule has 27 heavy (non-hydrogen) atoms. The summed E-state index contributed by atoms with van der Waals surface area (Å²) in [7, 11) is -3.36. The zero-order valence-corrected chi connectivity index (χ0v) is 16.2. The second-order valence-corrected chi connectivity index (χ2v) is 8.27. The van der Waals surface area contributed by atoms with Crippen LogP contribution in [0, 0.1) is 6.92 Å². The third-order valence-corrected chi connectivity index (χ3v) is 4.73. The van der Waals surface area contributed by atoms with Crippen molar-refractivity contribution < 1.29 is 13.2 Å². The van der Waals surface area contributed by atoms with E-state index < -0.39 is 10.0 Å². The predicted octanol–water partition coefficient (Wildman–Crippen LogP) is 3.41. The van der Waals surface area contributed by atoms with Crippen molar-refractivity contribution in [1.29, 1.82) is 0 Å². The molecule has 1 atom stereocenters. The number of hydrogen-bond acceptors (Lipinski definition) is 4. The first-order chi connectivity index (χ1) is 12.7. The van der Waals surface area contributed by atoms with Crippen LogP contribution in [0.4, 0.5) is 5.69 Å². The SMILES string of the molecule is Cc1cc(C(=O)NC(C)c2cccc(NS(C)(=O)=O)c2)c2ccccc2n1. The van der Waals surface area contributed by atoms with E-state index >= 15 is 0 Å². The molecule has 0 aliphatic heterocycles. The van der Waals surface area contributed by atoms with Gasteiger partial charge in [-0.2, -0.15) is 0 Å². The van der Waals surface area contributed by atoms with E-state index in [4.69, 9.17) is 0 Å². The number of aryl methyl sites for hydroxylation is 1. The van der Waals surface area contributed by atoms with E-state index in [9.17, 15) is 13.2 Å². The van der Waals surface area contributed by atoms with Gasteiger partial charge in [-0.15, -0.1) is 0 Å². The Hall–Kier alpha value is -2.93. The Kier molecular flexibility index (Phi) is 5.14. The number of benzene rings is 2. The molecular weight excluding hydrogens is 362 g/mol. The van der Waals surface area contributed by atoms with Crippen LogP contribution in [0.15, 0.2) is 54.6 Å². The number of aromatic nitrogens is 1. The van der Waals surface area contributed by atoms with Gasteiger partial charge in [-0.25, -0.2) is 8.42 Å². The van der Waals surface area contributed by atoms with Crippen LogP contribution >= 0.6 is 0 Å². The van der Waals surface area contributed by atoms with Crippen molar-refractivity contribution in [3.05, 3.63) is 71.4 Å². The van der Waals surface area contributed by atoms with Crippen LogP contribution in [0.5, 0.6) is 0 Å². The number of rotatable bonds is 5. The Bertz CT molecular complexity index is 1110. The van der Waals surface area contributed by atoms with Crippen molar-refractivity contribution in [3.8, 4) is 0 Å². The minimum absolute atomic E-state index is 0.203. The Morgan fingerprint density at radius 2 is 1.81 bits per heavy atom. The minimum atomic E-state index is -3.36. The third-order valence-electron chi connectivity index (χ3n) is 4.13. The molecule has 2 aromatic carbocycles. The van der Waals surface area contributed by atoms with Crippen molar-refractivity contribution in [2.75, 3.05) is 11.0 Å². The van der Waals surface area contributed by atoms with Gasteiger partial charge in [0.2, 0.25) is 10.0 Å². The molecule has 2 N–H and O–H groups in total. The van der Waals surface area contributed by atoms with Crippen LogP contribution in [-0.4, -0.2) is 25.6 Å². The summed E-state index contributed by atoms with van der Waals surface area (Å²) in [5.41, 5.74) is 3.37. The Morgan fingerprint density at radius 3 is 2.56 bits per heavy atom. The Morgan fingerprint density at radius 1 is 1.07 bits per heavy atom. The van der Waals surface area contributed by atoms with Crippen molar-refractivity contribution in [2.24, 2.45) is 0 Å². The van der Waals surface area contributed by atoms with Crippen molar-refractivity contribution in [2.45, 2.75) is 19.9 Å². The van der Waals surface area contributed by atoms with Gasteiger partial charge >= 0.3 is 0 Å². The number of pyridine rings is 1. The fourth-order valence-electron chi connectivity index (χ4n) is 2.94. The largest absolute Gasteiger partial charge is 0.345 e. The average Bonchev–Trinajstić information content (AvgIpc) is 2.59. The molecule has 0 radical (unpaired) electrons. The maximum atomic E-state index is 12.9. The number of amides is 1. The first-order valence-corrected chi connectivity index (χ1v) is 10.4. The topological polar surface area (TPSA) is 88.2 Å². The summed E-state index contributed by atoms with van der Waals surface area (Å²) in [6.45, 7) is 3.71. The van der Waals surface area contributed by atoms with E-state index in [0.717, 1.165) is 28.4 Å². The zero-order valence-electron chi connectivity index (χ0n) is 15.4. The van der Waals surface area contributed by atoms with Crippen molar-refractivity contribution in [3.63, 3.8) is 0 Å². The molecule has 0 aliphatic carbocycles.